The zero-order chi connectivity index (χ0) is 28.3. The number of halogens is 3. The molecule has 3 heterocycles. The summed E-state index contributed by atoms with van der Waals surface area (Å²) in [5.41, 5.74) is 7.05. The fraction of sp³-hybridized carbons (Fsp3) is 0.310. The van der Waals surface area contributed by atoms with Crippen molar-refractivity contribution < 1.29 is 23.1 Å². The van der Waals surface area contributed by atoms with E-state index in [0.29, 0.717) is 22.9 Å². The molecule has 2 atom stereocenters. The van der Waals surface area contributed by atoms with Gasteiger partial charge in [0.15, 0.2) is 0 Å². The van der Waals surface area contributed by atoms with E-state index in [9.17, 15) is 14.0 Å². The molecule has 2 amide bonds. The third kappa shape index (κ3) is 4.58. The maximum absolute atomic E-state index is 15.0. The summed E-state index contributed by atoms with van der Waals surface area (Å²) in [5, 5.41) is 3.68. The first kappa shape index (κ1) is 26.6. The predicted octanol–water partition coefficient (Wildman–Crippen LogP) is 5.66. The average molecular weight is 583 g/mol. The molecule has 2 aromatic carbocycles. The molecule has 4 aromatic rings. The van der Waals surface area contributed by atoms with E-state index in [2.05, 4.69) is 10.3 Å². The molecule has 0 bridgehead atoms. The van der Waals surface area contributed by atoms with E-state index in [-0.39, 0.29) is 52.9 Å². The first-order chi connectivity index (χ1) is 19.0. The summed E-state index contributed by atoms with van der Waals surface area (Å²) in [5.74, 6) is -2.39. The summed E-state index contributed by atoms with van der Waals surface area (Å²) < 4.78 is 35.8. The topological polar surface area (TPSA) is 107 Å². The maximum Gasteiger partial charge on any atom is 0.251 e. The number of pyridine rings is 1. The fourth-order valence-electron chi connectivity index (χ4n) is 5.18. The van der Waals surface area contributed by atoms with Crippen LogP contribution in [-0.2, 0) is 10.2 Å². The van der Waals surface area contributed by atoms with Gasteiger partial charge in [-0.2, -0.15) is 0 Å². The van der Waals surface area contributed by atoms with Crippen molar-refractivity contribution in [1.29, 1.82) is 0 Å². The van der Waals surface area contributed by atoms with Gasteiger partial charge < -0.3 is 15.8 Å². The molecule has 6 rings (SSSR count). The second-order valence-corrected chi connectivity index (χ2v) is 12.2. The number of hydrogen-bond donors (Lipinski definition) is 2. The Morgan fingerprint density at radius 3 is 2.70 bits per heavy atom. The zero-order valence-corrected chi connectivity index (χ0v) is 23.3. The number of aromatic nitrogens is 2. The van der Waals surface area contributed by atoms with Crippen molar-refractivity contribution in [3.63, 3.8) is 0 Å². The molecule has 0 unspecified atom stereocenters. The molecular weight excluding hydrogens is 558 g/mol. The Hall–Kier alpha value is -3.63. The van der Waals surface area contributed by atoms with Crippen LogP contribution in [-0.4, -0.2) is 34.9 Å². The third-order valence-electron chi connectivity index (χ3n) is 7.71. The summed E-state index contributed by atoms with van der Waals surface area (Å²) in [6, 6.07) is 9.01. The van der Waals surface area contributed by atoms with Crippen molar-refractivity contribution in [2.75, 3.05) is 13.2 Å². The molecule has 40 heavy (non-hydrogen) atoms. The molecule has 2 aliphatic rings. The number of primary amides is 1. The standard InChI is InChI=1S/C29H25ClF2N4O3S/c1-13-35-22-6-5-15(7-24(22)40-13)27(37)34-11-17(14-3-4-14)23-9-18-26(39-12-29(18,2)28(33)38)25(36-23)16-8-19(30)21(32)10-20(16)31/h5-10,14,17H,3-4,11-12H2,1-2H3,(H2,33,38)(H,34,37)/t17-,29-/m0/s1. The number of carbonyl (C=O) groups excluding carboxylic acids is 2. The van der Waals surface area contributed by atoms with Gasteiger partial charge in [0.2, 0.25) is 5.91 Å². The Morgan fingerprint density at radius 1 is 1.20 bits per heavy atom. The fourth-order valence-corrected chi connectivity index (χ4v) is 6.21. The number of ether oxygens (including phenoxy) is 1. The summed E-state index contributed by atoms with van der Waals surface area (Å²) in [6.07, 6.45) is 1.86. The smallest absolute Gasteiger partial charge is 0.251 e. The zero-order valence-electron chi connectivity index (χ0n) is 21.7. The molecular formula is C29H25ClF2N4O3S. The molecule has 3 N–H and O–H groups in total. The van der Waals surface area contributed by atoms with Crippen LogP contribution in [0, 0.1) is 24.5 Å². The van der Waals surface area contributed by atoms with Crippen molar-refractivity contribution in [3.05, 3.63) is 74.9 Å². The largest absolute Gasteiger partial charge is 0.489 e. The minimum atomic E-state index is -1.18. The Bertz CT molecular complexity index is 1710. The predicted molar refractivity (Wildman–Crippen MR) is 149 cm³/mol. The Morgan fingerprint density at radius 2 is 1.98 bits per heavy atom. The number of amides is 2. The van der Waals surface area contributed by atoms with Gasteiger partial charge in [0.05, 0.1) is 20.2 Å². The molecule has 0 spiro atoms. The number of rotatable bonds is 7. The normalized spacial score (nSPS) is 18.8. The van der Waals surface area contributed by atoms with Crippen LogP contribution in [0.25, 0.3) is 21.5 Å². The highest BCUT2D eigenvalue weighted by Gasteiger charge is 2.45. The second kappa shape index (κ2) is 9.78. The maximum atomic E-state index is 15.0. The van der Waals surface area contributed by atoms with Gasteiger partial charge in [-0.3, -0.25) is 9.59 Å². The second-order valence-electron chi connectivity index (χ2n) is 10.6. The Kier molecular flexibility index (Phi) is 6.50. The molecule has 7 nitrogen and oxygen atoms in total. The first-order valence-electron chi connectivity index (χ1n) is 12.8. The SMILES string of the molecule is Cc1nc2ccc(C(=O)NC[C@H](c3cc4c(c(-c5cc(Cl)c(F)cc5F)n3)OC[C@]4(C)C(N)=O)C3CC3)cc2s1. The van der Waals surface area contributed by atoms with Gasteiger partial charge in [0.25, 0.3) is 5.91 Å². The minimum absolute atomic E-state index is 0.0449. The molecule has 1 aliphatic carbocycles. The highest BCUT2D eigenvalue weighted by Crippen LogP contribution is 2.49. The number of hydrogen-bond acceptors (Lipinski definition) is 6. The van der Waals surface area contributed by atoms with Crippen molar-refractivity contribution in [1.82, 2.24) is 15.3 Å². The van der Waals surface area contributed by atoms with Crippen LogP contribution >= 0.6 is 22.9 Å². The Balaban J connectivity index is 1.38. The van der Waals surface area contributed by atoms with Crippen molar-refractivity contribution in [3.8, 4) is 17.0 Å². The monoisotopic (exact) mass is 582 g/mol. The first-order valence-corrected chi connectivity index (χ1v) is 14.0. The van der Waals surface area contributed by atoms with E-state index >= 15 is 4.39 Å². The van der Waals surface area contributed by atoms with Crippen LogP contribution in [0.15, 0.2) is 36.4 Å². The molecule has 0 saturated heterocycles. The number of nitrogens with one attached hydrogen (secondary N) is 1. The number of thiazole rings is 1. The van der Waals surface area contributed by atoms with Gasteiger partial charge in [-0.15, -0.1) is 11.3 Å². The van der Waals surface area contributed by atoms with Gasteiger partial charge >= 0.3 is 0 Å². The molecule has 2 aromatic heterocycles. The number of aryl methyl sites for hydroxylation is 1. The Labute approximate surface area is 237 Å². The van der Waals surface area contributed by atoms with Gasteiger partial charge in [0.1, 0.15) is 35.1 Å². The van der Waals surface area contributed by atoms with Crippen LogP contribution < -0.4 is 15.8 Å². The van der Waals surface area contributed by atoms with Crippen molar-refractivity contribution in [2.45, 2.75) is 38.0 Å². The lowest BCUT2D eigenvalue weighted by Crippen LogP contribution is -2.40. The van der Waals surface area contributed by atoms with E-state index in [1.54, 1.807) is 19.1 Å². The quantitative estimate of drug-likeness (QED) is 0.274. The van der Waals surface area contributed by atoms with E-state index in [1.807, 2.05) is 19.1 Å². The van der Waals surface area contributed by atoms with Crippen LogP contribution in [0.5, 0.6) is 5.75 Å². The van der Waals surface area contributed by atoms with Gasteiger partial charge in [-0.1, -0.05) is 11.6 Å². The van der Waals surface area contributed by atoms with Crippen LogP contribution in [0.3, 0.4) is 0 Å². The van der Waals surface area contributed by atoms with Gasteiger partial charge in [-0.25, -0.2) is 18.7 Å². The molecule has 1 fully saturated rings. The van der Waals surface area contributed by atoms with Crippen LogP contribution in [0.2, 0.25) is 5.02 Å². The van der Waals surface area contributed by atoms with Crippen molar-refractivity contribution >= 4 is 45.0 Å². The van der Waals surface area contributed by atoms with Crippen molar-refractivity contribution in [2.24, 2.45) is 11.7 Å². The van der Waals surface area contributed by atoms with E-state index < -0.39 is 23.0 Å². The lowest BCUT2D eigenvalue weighted by molar-refractivity contribution is -0.123. The number of nitrogens with two attached hydrogens (primary N) is 1. The molecule has 1 saturated carbocycles. The molecule has 1 aliphatic heterocycles. The molecule has 0 radical (unpaired) electrons. The summed E-state index contributed by atoms with van der Waals surface area (Å²) >= 11 is 7.52. The average Bonchev–Trinajstić information content (AvgIpc) is 3.59. The lowest BCUT2D eigenvalue weighted by atomic mass is 9.82. The van der Waals surface area contributed by atoms with E-state index in [1.165, 1.54) is 11.3 Å². The molecule has 11 heteroatoms. The third-order valence-corrected chi connectivity index (χ3v) is 8.94. The highest BCUT2D eigenvalue weighted by atomic mass is 35.5. The number of fused-ring (bicyclic) bond motifs is 2. The van der Waals surface area contributed by atoms with Crippen LogP contribution in [0.1, 0.15) is 52.3 Å². The molecule has 206 valence electrons. The van der Waals surface area contributed by atoms with Gasteiger partial charge in [0, 0.05) is 40.9 Å². The summed E-state index contributed by atoms with van der Waals surface area (Å²) in [7, 11) is 0. The highest BCUT2D eigenvalue weighted by molar-refractivity contribution is 7.18. The van der Waals surface area contributed by atoms with E-state index in [4.69, 9.17) is 27.1 Å². The van der Waals surface area contributed by atoms with Crippen LogP contribution in [0.4, 0.5) is 8.78 Å². The number of benzene rings is 2. The lowest BCUT2D eigenvalue weighted by Gasteiger charge is -2.22. The number of carbonyl (C=O) groups is 2. The van der Waals surface area contributed by atoms with E-state index in [0.717, 1.165) is 34.1 Å². The summed E-state index contributed by atoms with van der Waals surface area (Å²) in [6.45, 7) is 3.81. The summed E-state index contributed by atoms with van der Waals surface area (Å²) in [4.78, 5) is 34.8. The minimum Gasteiger partial charge on any atom is -0.489 e. The van der Waals surface area contributed by atoms with Gasteiger partial charge in [-0.05, 0) is 62.9 Å². The number of nitrogens with zero attached hydrogens (tertiary/aromatic N) is 2.